The molecule has 1 aliphatic carbocycles. The summed E-state index contributed by atoms with van der Waals surface area (Å²) >= 11 is 0. The van der Waals surface area contributed by atoms with E-state index in [9.17, 15) is 23.1 Å². The third-order valence-electron chi connectivity index (χ3n) is 3.38. The maximum absolute atomic E-state index is 12.4. The number of carbonyl (C=O) groups excluding carboxylic acids is 1. The van der Waals surface area contributed by atoms with Gasteiger partial charge in [-0.25, -0.2) is 0 Å². The molecule has 0 heterocycles. The third kappa shape index (κ3) is 3.64. The SMILES string of the molecule is C#CC1(Oc2cc(C(=O)[O-])ccc2OC(F)(F)F)CCCC1. The zero-order valence-electron chi connectivity index (χ0n) is 11.4. The lowest BCUT2D eigenvalue weighted by atomic mass is 10.0. The number of halogens is 3. The minimum atomic E-state index is -4.93. The lowest BCUT2D eigenvalue weighted by Crippen LogP contribution is -2.31. The normalized spacial score (nSPS) is 16.8. The molecule has 0 spiro atoms. The van der Waals surface area contributed by atoms with Crippen molar-refractivity contribution in [2.75, 3.05) is 0 Å². The van der Waals surface area contributed by atoms with Crippen molar-refractivity contribution < 1.29 is 32.5 Å². The molecule has 1 aliphatic rings. The first-order valence-corrected chi connectivity index (χ1v) is 6.53. The van der Waals surface area contributed by atoms with Crippen LogP contribution in [-0.4, -0.2) is 17.9 Å². The van der Waals surface area contributed by atoms with Gasteiger partial charge in [0.15, 0.2) is 17.1 Å². The fourth-order valence-electron chi connectivity index (χ4n) is 2.36. The van der Waals surface area contributed by atoms with Gasteiger partial charge in [0, 0.05) is 5.56 Å². The molecule has 118 valence electrons. The van der Waals surface area contributed by atoms with Gasteiger partial charge in [-0.05, 0) is 43.9 Å². The predicted molar refractivity (Wildman–Crippen MR) is 68.1 cm³/mol. The van der Waals surface area contributed by atoms with Crippen LogP contribution in [0.3, 0.4) is 0 Å². The standard InChI is InChI=1S/C15H13F3O4/c1-2-14(7-3-4-8-14)21-12-9-10(13(19)20)5-6-11(12)22-15(16,17)18/h1,5-6,9H,3-4,7-8H2,(H,19,20)/p-1. The molecule has 7 heteroatoms. The van der Waals surface area contributed by atoms with Gasteiger partial charge >= 0.3 is 6.36 Å². The predicted octanol–water partition coefficient (Wildman–Crippen LogP) is 2.27. The maximum Gasteiger partial charge on any atom is 0.573 e. The summed E-state index contributed by atoms with van der Waals surface area (Å²) in [5.41, 5.74) is -1.37. The molecule has 0 bridgehead atoms. The Balaban J connectivity index is 2.39. The van der Waals surface area contributed by atoms with Crippen molar-refractivity contribution >= 4 is 5.97 Å². The number of terminal acetylenes is 1. The molecule has 4 nitrogen and oxygen atoms in total. The highest BCUT2D eigenvalue weighted by Gasteiger charge is 2.37. The van der Waals surface area contributed by atoms with Crippen LogP contribution in [0.25, 0.3) is 0 Å². The summed E-state index contributed by atoms with van der Waals surface area (Å²) in [5, 5.41) is 10.9. The van der Waals surface area contributed by atoms with Crippen LogP contribution >= 0.6 is 0 Å². The summed E-state index contributed by atoms with van der Waals surface area (Å²) in [6.45, 7) is 0. The zero-order valence-corrected chi connectivity index (χ0v) is 11.4. The summed E-state index contributed by atoms with van der Waals surface area (Å²) in [5.74, 6) is -0.0968. The highest BCUT2D eigenvalue weighted by molar-refractivity contribution is 5.86. The van der Waals surface area contributed by atoms with Gasteiger partial charge in [0.2, 0.25) is 0 Å². The number of carboxylic acids is 1. The van der Waals surface area contributed by atoms with Crippen LogP contribution in [0.2, 0.25) is 0 Å². The number of aromatic carboxylic acids is 1. The summed E-state index contributed by atoms with van der Waals surface area (Å²) < 4.78 is 46.7. The molecule has 0 aliphatic heterocycles. The van der Waals surface area contributed by atoms with Crippen molar-refractivity contribution in [2.24, 2.45) is 0 Å². The molecular formula is C15H12F3O4-. The molecular weight excluding hydrogens is 301 g/mol. The molecule has 0 N–H and O–H groups in total. The number of ether oxygens (including phenoxy) is 2. The van der Waals surface area contributed by atoms with Gasteiger partial charge in [-0.15, -0.1) is 19.6 Å². The maximum atomic E-state index is 12.4. The van der Waals surface area contributed by atoms with Crippen LogP contribution in [0.5, 0.6) is 11.5 Å². The molecule has 0 unspecified atom stereocenters. The Labute approximate surface area is 124 Å². The average molecular weight is 313 g/mol. The van der Waals surface area contributed by atoms with Crippen molar-refractivity contribution in [3.8, 4) is 23.8 Å². The Hall–Kier alpha value is -2.36. The van der Waals surface area contributed by atoms with Crippen molar-refractivity contribution in [1.29, 1.82) is 0 Å². The Bertz CT molecular complexity index is 610. The lowest BCUT2D eigenvalue weighted by molar-refractivity contribution is -0.275. The minimum absolute atomic E-state index is 0.324. The van der Waals surface area contributed by atoms with Gasteiger partial charge < -0.3 is 19.4 Å². The van der Waals surface area contributed by atoms with Crippen LogP contribution < -0.4 is 14.6 Å². The fourth-order valence-corrected chi connectivity index (χ4v) is 2.36. The second-order valence-corrected chi connectivity index (χ2v) is 4.94. The quantitative estimate of drug-likeness (QED) is 0.800. The van der Waals surface area contributed by atoms with Crippen molar-refractivity contribution in [3.63, 3.8) is 0 Å². The van der Waals surface area contributed by atoms with E-state index in [0.29, 0.717) is 12.8 Å². The van der Waals surface area contributed by atoms with E-state index in [2.05, 4.69) is 10.7 Å². The molecule has 1 fully saturated rings. The number of carbonyl (C=O) groups is 1. The van der Waals surface area contributed by atoms with Crippen molar-refractivity contribution in [1.82, 2.24) is 0 Å². The highest BCUT2D eigenvalue weighted by Crippen LogP contribution is 2.39. The van der Waals surface area contributed by atoms with Crippen molar-refractivity contribution in [2.45, 2.75) is 37.6 Å². The van der Waals surface area contributed by atoms with Crippen LogP contribution in [0.4, 0.5) is 13.2 Å². The largest absolute Gasteiger partial charge is 0.573 e. The summed E-state index contributed by atoms with van der Waals surface area (Å²) in [7, 11) is 0. The lowest BCUT2D eigenvalue weighted by Gasteiger charge is -2.26. The minimum Gasteiger partial charge on any atom is -0.545 e. The molecule has 0 saturated heterocycles. The molecule has 1 saturated carbocycles. The van der Waals surface area contributed by atoms with Gasteiger partial charge in [-0.2, -0.15) is 0 Å². The monoisotopic (exact) mass is 313 g/mol. The summed E-state index contributed by atoms with van der Waals surface area (Å²) in [6.07, 6.45) is 3.00. The molecule has 0 aromatic heterocycles. The summed E-state index contributed by atoms with van der Waals surface area (Å²) in [6, 6.07) is 2.74. The number of hydrogen-bond acceptors (Lipinski definition) is 4. The first-order chi connectivity index (χ1) is 10.2. The van der Waals surface area contributed by atoms with E-state index >= 15 is 0 Å². The number of hydrogen-bond donors (Lipinski definition) is 0. The molecule has 0 atom stereocenters. The van der Waals surface area contributed by atoms with Gasteiger partial charge in [-0.1, -0.05) is 5.92 Å². The fraction of sp³-hybridized carbons (Fsp3) is 0.400. The van der Waals surface area contributed by atoms with Crippen molar-refractivity contribution in [3.05, 3.63) is 23.8 Å². The third-order valence-corrected chi connectivity index (χ3v) is 3.38. The van der Waals surface area contributed by atoms with Crippen LogP contribution in [-0.2, 0) is 0 Å². The molecule has 0 radical (unpaired) electrons. The van der Waals surface area contributed by atoms with E-state index in [-0.39, 0.29) is 11.3 Å². The first kappa shape index (κ1) is 16.0. The Morgan fingerprint density at radius 1 is 1.27 bits per heavy atom. The molecule has 2 rings (SSSR count). The van der Waals surface area contributed by atoms with Gasteiger partial charge in [0.05, 0.1) is 5.97 Å². The Morgan fingerprint density at radius 3 is 2.41 bits per heavy atom. The zero-order chi connectivity index (χ0) is 16.4. The van der Waals surface area contributed by atoms with Gasteiger partial charge in [0.25, 0.3) is 0 Å². The summed E-state index contributed by atoms with van der Waals surface area (Å²) in [4.78, 5) is 10.9. The first-order valence-electron chi connectivity index (χ1n) is 6.53. The topological polar surface area (TPSA) is 58.6 Å². The van der Waals surface area contributed by atoms with Crippen LogP contribution in [0.1, 0.15) is 36.0 Å². The van der Waals surface area contributed by atoms with E-state index in [1.54, 1.807) is 0 Å². The second kappa shape index (κ2) is 5.79. The average Bonchev–Trinajstić information content (AvgIpc) is 2.88. The van der Waals surface area contributed by atoms with Crippen LogP contribution in [0, 0.1) is 12.3 Å². The smallest absolute Gasteiger partial charge is 0.545 e. The molecule has 1 aromatic rings. The van der Waals surface area contributed by atoms with E-state index in [1.807, 2.05) is 0 Å². The Kier molecular flexibility index (Phi) is 4.22. The van der Waals surface area contributed by atoms with E-state index in [1.165, 1.54) is 0 Å². The number of benzene rings is 1. The van der Waals surface area contributed by atoms with E-state index in [4.69, 9.17) is 11.2 Å². The number of alkyl halides is 3. The second-order valence-electron chi connectivity index (χ2n) is 4.94. The molecule has 1 aromatic carbocycles. The van der Waals surface area contributed by atoms with Gasteiger partial charge in [-0.3, -0.25) is 0 Å². The van der Waals surface area contributed by atoms with Crippen LogP contribution in [0.15, 0.2) is 18.2 Å². The molecule has 0 amide bonds. The van der Waals surface area contributed by atoms with E-state index in [0.717, 1.165) is 31.0 Å². The number of rotatable bonds is 4. The highest BCUT2D eigenvalue weighted by atomic mass is 19.4. The van der Waals surface area contributed by atoms with E-state index < -0.39 is 23.7 Å². The van der Waals surface area contributed by atoms with Gasteiger partial charge in [0.1, 0.15) is 0 Å². The molecule has 22 heavy (non-hydrogen) atoms. The number of carboxylic acid groups (broad SMARTS) is 1. The Morgan fingerprint density at radius 2 is 1.91 bits per heavy atom.